The second-order valence-electron chi connectivity index (χ2n) is 3.37. The molecule has 0 heterocycles. The van der Waals surface area contributed by atoms with Gasteiger partial charge in [-0.3, -0.25) is 4.79 Å². The Morgan fingerprint density at radius 1 is 1.15 bits per heavy atom. The molecule has 1 amide bonds. The summed E-state index contributed by atoms with van der Waals surface area (Å²) in [5.74, 6) is -1.17. The minimum absolute atomic E-state index is 0.0592. The van der Waals surface area contributed by atoms with E-state index in [4.69, 9.17) is 0 Å². The fourth-order valence-electron chi connectivity index (χ4n) is 1.68. The van der Waals surface area contributed by atoms with E-state index in [0.717, 1.165) is 0 Å². The molecule has 1 aliphatic carbocycles. The fraction of sp³-hybridized carbons (Fsp3) is 0.875. The maximum absolute atomic E-state index is 12.2. The van der Waals surface area contributed by atoms with Crippen molar-refractivity contribution in [3.05, 3.63) is 0 Å². The molecular weight excluding hydrogens is 183 g/mol. The van der Waals surface area contributed by atoms with Crippen LogP contribution in [0.25, 0.3) is 0 Å². The summed E-state index contributed by atoms with van der Waals surface area (Å²) >= 11 is 0. The smallest absolute Gasteiger partial charge is 0.356 e. The maximum atomic E-state index is 12.2. The third-order valence-electron chi connectivity index (χ3n) is 2.49. The highest BCUT2D eigenvalue weighted by Crippen LogP contribution is 2.37. The van der Waals surface area contributed by atoms with Crippen molar-refractivity contribution >= 4 is 6.41 Å². The van der Waals surface area contributed by atoms with Crippen LogP contribution in [0.1, 0.15) is 25.7 Å². The lowest BCUT2D eigenvalue weighted by atomic mass is 9.86. The summed E-state index contributed by atoms with van der Waals surface area (Å²) in [6.45, 7) is 0. The predicted octanol–water partition coefficient (Wildman–Crippen LogP) is 1.85. The molecule has 0 aliphatic heterocycles. The van der Waals surface area contributed by atoms with Gasteiger partial charge in [-0.05, 0) is 25.7 Å². The Morgan fingerprint density at radius 2 is 1.69 bits per heavy atom. The molecular formula is C8H12F3NO. The van der Waals surface area contributed by atoms with Gasteiger partial charge in [0.1, 0.15) is 0 Å². The van der Waals surface area contributed by atoms with E-state index in [9.17, 15) is 18.0 Å². The number of nitrogens with one attached hydrogen (secondary N) is 1. The molecule has 0 radical (unpaired) electrons. The highest BCUT2D eigenvalue weighted by molar-refractivity contribution is 5.46. The van der Waals surface area contributed by atoms with Gasteiger partial charge in [0.25, 0.3) is 0 Å². The minimum Gasteiger partial charge on any atom is -0.356 e. The van der Waals surface area contributed by atoms with Crippen LogP contribution in [-0.2, 0) is 4.79 Å². The molecule has 0 atom stereocenters. The van der Waals surface area contributed by atoms with Crippen LogP contribution in [0.15, 0.2) is 0 Å². The van der Waals surface area contributed by atoms with E-state index in [0.29, 0.717) is 19.3 Å². The summed E-state index contributed by atoms with van der Waals surface area (Å²) in [7, 11) is 0. The van der Waals surface area contributed by atoms with Gasteiger partial charge < -0.3 is 5.32 Å². The Morgan fingerprint density at radius 3 is 2.08 bits per heavy atom. The lowest BCUT2D eigenvalue weighted by molar-refractivity contribution is -0.182. The van der Waals surface area contributed by atoms with E-state index in [1.165, 1.54) is 0 Å². The molecule has 0 aromatic carbocycles. The molecule has 1 rings (SSSR count). The van der Waals surface area contributed by atoms with Crippen LogP contribution in [0.2, 0.25) is 0 Å². The summed E-state index contributed by atoms with van der Waals surface area (Å²) in [6, 6.07) is -0.0592. The van der Waals surface area contributed by atoms with Crippen LogP contribution >= 0.6 is 0 Å². The first-order valence-corrected chi connectivity index (χ1v) is 4.30. The van der Waals surface area contributed by atoms with Crippen LogP contribution in [0.5, 0.6) is 0 Å². The Labute approximate surface area is 74.5 Å². The van der Waals surface area contributed by atoms with E-state index >= 15 is 0 Å². The predicted molar refractivity (Wildman–Crippen MR) is 41.0 cm³/mol. The molecule has 0 saturated heterocycles. The van der Waals surface area contributed by atoms with Gasteiger partial charge in [0.2, 0.25) is 6.41 Å². The highest BCUT2D eigenvalue weighted by atomic mass is 19.4. The van der Waals surface area contributed by atoms with Gasteiger partial charge in [-0.1, -0.05) is 0 Å². The van der Waals surface area contributed by atoms with Crippen molar-refractivity contribution in [3.8, 4) is 0 Å². The number of hydrogen-bond donors (Lipinski definition) is 1. The summed E-state index contributed by atoms with van der Waals surface area (Å²) in [6.07, 6.45) is -2.37. The molecule has 2 nitrogen and oxygen atoms in total. The zero-order chi connectivity index (χ0) is 9.90. The van der Waals surface area contributed by atoms with Crippen molar-refractivity contribution < 1.29 is 18.0 Å². The molecule has 0 unspecified atom stereocenters. The zero-order valence-electron chi connectivity index (χ0n) is 7.10. The van der Waals surface area contributed by atoms with Crippen LogP contribution < -0.4 is 5.32 Å². The first kappa shape index (κ1) is 10.3. The molecule has 5 heteroatoms. The topological polar surface area (TPSA) is 29.1 Å². The molecule has 1 aliphatic rings. The normalized spacial score (nSPS) is 29.8. The lowest BCUT2D eigenvalue weighted by Crippen LogP contribution is -2.36. The molecule has 0 spiro atoms. The Balaban J connectivity index is 2.34. The number of carbonyl (C=O) groups is 1. The van der Waals surface area contributed by atoms with Gasteiger partial charge in [-0.15, -0.1) is 0 Å². The second kappa shape index (κ2) is 3.98. The molecule has 1 saturated carbocycles. The van der Waals surface area contributed by atoms with Gasteiger partial charge >= 0.3 is 6.18 Å². The molecule has 0 aromatic rings. The minimum atomic E-state index is -4.06. The van der Waals surface area contributed by atoms with Crippen LogP contribution in [-0.4, -0.2) is 18.6 Å². The number of amides is 1. The Bertz CT molecular complexity index is 173. The van der Waals surface area contributed by atoms with E-state index < -0.39 is 12.1 Å². The summed E-state index contributed by atoms with van der Waals surface area (Å²) < 4.78 is 36.5. The van der Waals surface area contributed by atoms with Crippen molar-refractivity contribution in [2.75, 3.05) is 0 Å². The largest absolute Gasteiger partial charge is 0.391 e. The summed E-state index contributed by atoms with van der Waals surface area (Å²) in [5.41, 5.74) is 0. The molecule has 1 fully saturated rings. The highest BCUT2D eigenvalue weighted by Gasteiger charge is 2.41. The van der Waals surface area contributed by atoms with Crippen molar-refractivity contribution in [2.24, 2.45) is 5.92 Å². The number of alkyl halides is 3. The van der Waals surface area contributed by atoms with Crippen LogP contribution in [0.4, 0.5) is 13.2 Å². The average Bonchev–Trinajstić information content (AvgIpc) is 2.04. The van der Waals surface area contributed by atoms with Crippen molar-refractivity contribution in [1.29, 1.82) is 0 Å². The Kier molecular flexibility index (Phi) is 3.17. The fourth-order valence-corrected chi connectivity index (χ4v) is 1.68. The number of halogens is 3. The number of rotatable bonds is 2. The SMILES string of the molecule is O=CNC1CCC(C(F)(F)F)CC1. The van der Waals surface area contributed by atoms with Gasteiger partial charge in [-0.25, -0.2) is 0 Å². The van der Waals surface area contributed by atoms with Crippen molar-refractivity contribution in [3.63, 3.8) is 0 Å². The summed E-state index contributed by atoms with van der Waals surface area (Å²) in [5, 5.41) is 2.51. The van der Waals surface area contributed by atoms with Gasteiger partial charge in [0, 0.05) is 6.04 Å². The molecule has 0 bridgehead atoms. The zero-order valence-corrected chi connectivity index (χ0v) is 7.10. The van der Waals surface area contributed by atoms with E-state index in [1.807, 2.05) is 0 Å². The van der Waals surface area contributed by atoms with Gasteiger partial charge in [0.15, 0.2) is 0 Å². The quantitative estimate of drug-likeness (QED) is 0.669. The Hall–Kier alpha value is -0.740. The molecule has 76 valence electrons. The van der Waals surface area contributed by atoms with Crippen molar-refractivity contribution in [2.45, 2.75) is 37.9 Å². The van der Waals surface area contributed by atoms with E-state index in [1.54, 1.807) is 0 Å². The third kappa shape index (κ3) is 2.90. The molecule has 1 N–H and O–H groups in total. The van der Waals surface area contributed by atoms with Crippen molar-refractivity contribution in [1.82, 2.24) is 5.32 Å². The second-order valence-corrected chi connectivity index (χ2v) is 3.37. The first-order chi connectivity index (χ1) is 6.04. The first-order valence-electron chi connectivity index (χ1n) is 4.30. The maximum Gasteiger partial charge on any atom is 0.391 e. The standard InChI is InChI=1S/C8H12F3NO/c9-8(10,11)6-1-3-7(4-2-6)12-5-13/h5-7H,1-4H2,(H,12,13). The third-order valence-corrected chi connectivity index (χ3v) is 2.49. The number of carbonyl (C=O) groups excluding carboxylic acids is 1. The van der Waals surface area contributed by atoms with E-state index in [-0.39, 0.29) is 18.9 Å². The summed E-state index contributed by atoms with van der Waals surface area (Å²) in [4.78, 5) is 10.0. The van der Waals surface area contributed by atoms with Gasteiger partial charge in [-0.2, -0.15) is 13.2 Å². The molecule has 13 heavy (non-hydrogen) atoms. The van der Waals surface area contributed by atoms with Crippen LogP contribution in [0.3, 0.4) is 0 Å². The van der Waals surface area contributed by atoms with Gasteiger partial charge in [0.05, 0.1) is 5.92 Å². The molecule has 0 aromatic heterocycles. The average molecular weight is 195 g/mol. The van der Waals surface area contributed by atoms with Crippen LogP contribution in [0, 0.1) is 5.92 Å². The van der Waals surface area contributed by atoms with E-state index in [2.05, 4.69) is 5.32 Å². The number of hydrogen-bond acceptors (Lipinski definition) is 1. The monoisotopic (exact) mass is 195 g/mol. The lowest BCUT2D eigenvalue weighted by Gasteiger charge is -2.29.